The van der Waals surface area contributed by atoms with Gasteiger partial charge in [0.2, 0.25) is 0 Å². The lowest BCUT2D eigenvalue weighted by molar-refractivity contribution is 0.164. The van der Waals surface area contributed by atoms with Crippen LogP contribution in [0.1, 0.15) is 12.5 Å². The highest BCUT2D eigenvalue weighted by molar-refractivity contribution is 5.77. The topological polar surface area (TPSA) is 78.1 Å². The zero-order valence-corrected chi connectivity index (χ0v) is 14.2. The molecule has 0 bridgehead atoms. The lowest BCUT2D eigenvalue weighted by Gasteiger charge is -2.10. The highest BCUT2D eigenvalue weighted by atomic mass is 16.5. The van der Waals surface area contributed by atoms with Crippen molar-refractivity contribution in [1.29, 1.82) is 0 Å². The zero-order valence-electron chi connectivity index (χ0n) is 14.2. The van der Waals surface area contributed by atoms with Crippen LogP contribution < -0.4 is 20.5 Å². The molecule has 1 aromatic rings. The zero-order chi connectivity index (χ0) is 17.1. The van der Waals surface area contributed by atoms with E-state index in [1.165, 1.54) is 0 Å². The SMILES string of the molecule is C=C(C)COCCN=C(N)NCCc1ccc(OC)c(OC)c1. The van der Waals surface area contributed by atoms with E-state index in [-0.39, 0.29) is 0 Å². The number of aliphatic imine (C=N–C) groups is 1. The molecule has 0 fully saturated rings. The highest BCUT2D eigenvalue weighted by Crippen LogP contribution is 2.27. The highest BCUT2D eigenvalue weighted by Gasteiger charge is 2.04. The number of rotatable bonds is 10. The maximum absolute atomic E-state index is 5.80. The second kappa shape index (κ2) is 10.5. The minimum atomic E-state index is 0.421. The van der Waals surface area contributed by atoms with E-state index in [0.717, 1.165) is 29.1 Å². The van der Waals surface area contributed by atoms with E-state index in [0.29, 0.717) is 32.3 Å². The molecule has 0 aliphatic heterocycles. The smallest absolute Gasteiger partial charge is 0.188 e. The summed E-state index contributed by atoms with van der Waals surface area (Å²) in [6.07, 6.45) is 0.808. The van der Waals surface area contributed by atoms with E-state index in [4.69, 9.17) is 19.9 Å². The molecule has 1 rings (SSSR count). The van der Waals surface area contributed by atoms with Crippen molar-refractivity contribution >= 4 is 5.96 Å². The van der Waals surface area contributed by atoms with Gasteiger partial charge in [0.15, 0.2) is 17.5 Å². The van der Waals surface area contributed by atoms with Gasteiger partial charge in [-0.15, -0.1) is 0 Å². The van der Waals surface area contributed by atoms with Gasteiger partial charge in [-0.2, -0.15) is 0 Å². The molecule has 0 saturated carbocycles. The Morgan fingerprint density at radius 2 is 2.00 bits per heavy atom. The molecule has 0 atom stereocenters. The van der Waals surface area contributed by atoms with Gasteiger partial charge in [0, 0.05) is 6.54 Å². The maximum atomic E-state index is 5.80. The van der Waals surface area contributed by atoms with Crippen molar-refractivity contribution in [2.24, 2.45) is 10.7 Å². The third-order valence-corrected chi connectivity index (χ3v) is 3.03. The number of nitrogens with zero attached hydrogens (tertiary/aromatic N) is 1. The number of nitrogens with one attached hydrogen (secondary N) is 1. The molecule has 0 spiro atoms. The van der Waals surface area contributed by atoms with Crippen LogP contribution in [0, 0.1) is 0 Å². The number of methoxy groups -OCH3 is 2. The number of guanidine groups is 1. The third-order valence-electron chi connectivity index (χ3n) is 3.03. The lowest BCUT2D eigenvalue weighted by atomic mass is 10.1. The van der Waals surface area contributed by atoms with Crippen LogP contribution in [0.3, 0.4) is 0 Å². The average Bonchev–Trinajstić information content (AvgIpc) is 2.54. The quantitative estimate of drug-likeness (QED) is 0.297. The number of ether oxygens (including phenoxy) is 3. The standard InChI is InChI=1S/C17H27N3O3/c1-13(2)12-23-10-9-20-17(18)19-8-7-14-5-6-15(21-3)16(11-14)22-4/h5-6,11H,1,7-10,12H2,2-4H3,(H3,18,19,20). The Hall–Kier alpha value is -2.21. The van der Waals surface area contributed by atoms with Crippen LogP contribution in [-0.4, -0.2) is 46.5 Å². The molecule has 0 heterocycles. The summed E-state index contributed by atoms with van der Waals surface area (Å²) >= 11 is 0. The van der Waals surface area contributed by atoms with Crippen molar-refractivity contribution < 1.29 is 14.2 Å². The Bertz CT molecular complexity index is 530. The van der Waals surface area contributed by atoms with E-state index in [2.05, 4.69) is 16.9 Å². The van der Waals surface area contributed by atoms with Crippen molar-refractivity contribution in [3.63, 3.8) is 0 Å². The van der Waals surface area contributed by atoms with Crippen molar-refractivity contribution in [3.8, 4) is 11.5 Å². The molecule has 1 aromatic carbocycles. The molecule has 0 radical (unpaired) electrons. The van der Waals surface area contributed by atoms with Gasteiger partial charge in [-0.25, -0.2) is 0 Å². The first-order chi connectivity index (χ1) is 11.1. The molecule has 0 aliphatic rings. The number of nitrogens with two attached hydrogens (primary N) is 1. The number of benzene rings is 1. The van der Waals surface area contributed by atoms with Gasteiger partial charge < -0.3 is 25.3 Å². The minimum absolute atomic E-state index is 0.421. The molecule has 0 amide bonds. The molecule has 3 N–H and O–H groups in total. The predicted octanol–water partition coefficient (Wildman–Crippen LogP) is 1.74. The molecule has 0 aromatic heterocycles. The molecular weight excluding hydrogens is 294 g/mol. The summed E-state index contributed by atoms with van der Waals surface area (Å²) in [6.45, 7) is 8.00. The molecule has 6 nitrogen and oxygen atoms in total. The fourth-order valence-electron chi connectivity index (χ4n) is 1.90. The van der Waals surface area contributed by atoms with Crippen molar-refractivity contribution in [2.45, 2.75) is 13.3 Å². The molecule has 0 aliphatic carbocycles. The van der Waals surface area contributed by atoms with Crippen LogP contribution in [0.25, 0.3) is 0 Å². The fourth-order valence-corrected chi connectivity index (χ4v) is 1.90. The van der Waals surface area contributed by atoms with Gasteiger partial charge in [0.25, 0.3) is 0 Å². The summed E-state index contributed by atoms with van der Waals surface area (Å²) in [5.41, 5.74) is 7.93. The monoisotopic (exact) mass is 321 g/mol. The van der Waals surface area contributed by atoms with Gasteiger partial charge in [-0.05, 0) is 31.0 Å². The summed E-state index contributed by atoms with van der Waals surface area (Å²) < 4.78 is 15.8. The van der Waals surface area contributed by atoms with E-state index >= 15 is 0 Å². The lowest BCUT2D eigenvalue weighted by Crippen LogP contribution is -2.33. The largest absolute Gasteiger partial charge is 0.493 e. The first-order valence-corrected chi connectivity index (χ1v) is 7.53. The third kappa shape index (κ3) is 7.56. The van der Waals surface area contributed by atoms with Crippen molar-refractivity contribution in [2.75, 3.05) is 40.5 Å². The van der Waals surface area contributed by atoms with Crippen LogP contribution in [0.5, 0.6) is 11.5 Å². The Kier molecular flexibility index (Phi) is 8.60. The van der Waals surface area contributed by atoms with Gasteiger partial charge in [0.1, 0.15) is 0 Å². The normalized spacial score (nSPS) is 11.2. The maximum Gasteiger partial charge on any atom is 0.188 e. The summed E-state index contributed by atoms with van der Waals surface area (Å²) in [5.74, 6) is 1.87. The van der Waals surface area contributed by atoms with Gasteiger partial charge in [-0.3, -0.25) is 4.99 Å². The van der Waals surface area contributed by atoms with Gasteiger partial charge >= 0.3 is 0 Å². The van der Waals surface area contributed by atoms with Crippen LogP contribution in [-0.2, 0) is 11.2 Å². The van der Waals surface area contributed by atoms with Crippen molar-refractivity contribution in [1.82, 2.24) is 5.32 Å². The summed E-state index contributed by atoms with van der Waals surface area (Å²) in [4.78, 5) is 4.20. The second-order valence-electron chi connectivity index (χ2n) is 5.14. The van der Waals surface area contributed by atoms with Gasteiger partial charge in [-0.1, -0.05) is 18.2 Å². The summed E-state index contributed by atoms with van der Waals surface area (Å²) in [6, 6.07) is 5.85. The van der Waals surface area contributed by atoms with E-state index in [1.54, 1.807) is 14.2 Å². The van der Waals surface area contributed by atoms with E-state index in [1.807, 2.05) is 25.1 Å². The van der Waals surface area contributed by atoms with Crippen molar-refractivity contribution in [3.05, 3.63) is 35.9 Å². The molecule has 0 saturated heterocycles. The molecule has 6 heteroatoms. The number of hydrogen-bond donors (Lipinski definition) is 2. The average molecular weight is 321 g/mol. The van der Waals surface area contributed by atoms with Crippen LogP contribution in [0.15, 0.2) is 35.3 Å². The molecular formula is C17H27N3O3. The Morgan fingerprint density at radius 3 is 2.65 bits per heavy atom. The second-order valence-corrected chi connectivity index (χ2v) is 5.14. The Balaban J connectivity index is 2.31. The molecule has 0 unspecified atom stereocenters. The first kappa shape index (κ1) is 18.8. The fraction of sp³-hybridized carbons (Fsp3) is 0.471. The minimum Gasteiger partial charge on any atom is -0.493 e. The van der Waals surface area contributed by atoms with Crippen LogP contribution >= 0.6 is 0 Å². The van der Waals surface area contributed by atoms with E-state index in [9.17, 15) is 0 Å². The molecule has 23 heavy (non-hydrogen) atoms. The Labute approximate surface area is 138 Å². The first-order valence-electron chi connectivity index (χ1n) is 7.53. The molecule has 128 valence electrons. The van der Waals surface area contributed by atoms with Gasteiger partial charge in [0.05, 0.1) is 34.0 Å². The summed E-state index contributed by atoms with van der Waals surface area (Å²) in [7, 11) is 3.25. The number of hydrogen-bond acceptors (Lipinski definition) is 4. The van der Waals surface area contributed by atoms with Crippen LogP contribution in [0.2, 0.25) is 0 Å². The van der Waals surface area contributed by atoms with E-state index < -0.39 is 0 Å². The predicted molar refractivity (Wildman–Crippen MR) is 93.4 cm³/mol. The van der Waals surface area contributed by atoms with Crippen LogP contribution in [0.4, 0.5) is 0 Å². The summed E-state index contributed by atoms with van der Waals surface area (Å²) in [5, 5.41) is 3.08. The Morgan fingerprint density at radius 1 is 1.26 bits per heavy atom.